The van der Waals surface area contributed by atoms with Crippen LogP contribution in [-0.4, -0.2) is 21.9 Å². The Bertz CT molecular complexity index is 1510. The molecule has 4 aromatic rings. The number of esters is 1. The lowest BCUT2D eigenvalue weighted by Crippen LogP contribution is -2.29. The Morgan fingerprint density at radius 1 is 0.750 bits per heavy atom. The summed E-state index contributed by atoms with van der Waals surface area (Å²) < 4.78 is 126. The zero-order valence-corrected chi connectivity index (χ0v) is 20.2. The van der Waals surface area contributed by atoms with Crippen molar-refractivity contribution in [3.05, 3.63) is 95.6 Å². The summed E-state index contributed by atoms with van der Waals surface area (Å²) in [6, 6.07) is 15.5. The van der Waals surface area contributed by atoms with Gasteiger partial charge in [0.25, 0.3) is 0 Å². The first-order valence-corrected chi connectivity index (χ1v) is 11.4. The van der Waals surface area contributed by atoms with Crippen molar-refractivity contribution >= 4 is 5.97 Å². The molecule has 0 spiro atoms. The molecule has 40 heavy (non-hydrogen) atoms. The van der Waals surface area contributed by atoms with Gasteiger partial charge in [-0.1, -0.05) is 66.7 Å². The second-order valence-electron chi connectivity index (χ2n) is 8.57. The molecular weight excluding hydrogens is 555 g/mol. The van der Waals surface area contributed by atoms with Gasteiger partial charge in [0, 0.05) is 5.56 Å². The molecule has 0 bridgehead atoms. The number of nitrogens with zero attached hydrogens (tertiary/aromatic N) is 2. The number of ether oxygens (including phenoxy) is 1. The molecular formula is C27H17F9N2O2. The highest BCUT2D eigenvalue weighted by molar-refractivity contribution is 5.88. The average Bonchev–Trinajstić information content (AvgIpc) is 3.26. The van der Waals surface area contributed by atoms with Gasteiger partial charge in [0.15, 0.2) is 0 Å². The molecule has 4 nitrogen and oxygen atoms in total. The number of carbonyl (C=O) groups excluding carboxylic acids is 1. The number of alkyl halides is 9. The molecule has 13 heteroatoms. The molecule has 3 aromatic carbocycles. The predicted molar refractivity (Wildman–Crippen MR) is 125 cm³/mol. The fourth-order valence-corrected chi connectivity index (χ4v) is 4.03. The highest BCUT2D eigenvalue weighted by Crippen LogP contribution is 2.44. The smallest absolute Gasteiger partial charge is 0.400 e. The van der Waals surface area contributed by atoms with Crippen molar-refractivity contribution < 1.29 is 49.0 Å². The van der Waals surface area contributed by atoms with Crippen molar-refractivity contribution in [3.63, 3.8) is 0 Å². The number of aromatic nitrogens is 2. The maximum atomic E-state index is 13.6. The largest absolute Gasteiger partial charge is 0.491 e. The summed E-state index contributed by atoms with van der Waals surface area (Å²) in [6.45, 7) is 1.20. The van der Waals surface area contributed by atoms with Gasteiger partial charge in [-0.15, -0.1) is 0 Å². The molecule has 0 radical (unpaired) electrons. The summed E-state index contributed by atoms with van der Waals surface area (Å²) in [7, 11) is 0. The van der Waals surface area contributed by atoms with Gasteiger partial charge in [0.05, 0.1) is 22.7 Å². The van der Waals surface area contributed by atoms with E-state index in [1.807, 2.05) is 0 Å². The molecule has 0 saturated carbocycles. The maximum absolute atomic E-state index is 13.6. The van der Waals surface area contributed by atoms with E-state index in [1.165, 1.54) is 19.1 Å². The summed E-state index contributed by atoms with van der Waals surface area (Å²) in [5.74, 6) is -3.38. The number of halogens is 9. The molecule has 1 unspecified atom stereocenters. The molecule has 4 rings (SSSR count). The van der Waals surface area contributed by atoms with E-state index in [4.69, 9.17) is 4.74 Å². The molecule has 0 saturated heterocycles. The summed E-state index contributed by atoms with van der Waals surface area (Å²) in [4.78, 5) is 12.0. The summed E-state index contributed by atoms with van der Waals surface area (Å²) in [5, 5.41) is 4.30. The van der Waals surface area contributed by atoms with Gasteiger partial charge in [-0.2, -0.15) is 44.6 Å². The lowest BCUT2D eigenvalue weighted by molar-refractivity contribution is -0.190. The Morgan fingerprint density at radius 3 is 1.77 bits per heavy atom. The summed E-state index contributed by atoms with van der Waals surface area (Å²) in [6.07, 6.45) is -16.2. The zero-order chi connectivity index (χ0) is 29.5. The fraction of sp³-hybridized carbons (Fsp3) is 0.185. The molecule has 210 valence electrons. The van der Waals surface area contributed by atoms with Crippen LogP contribution in [0.2, 0.25) is 0 Å². The highest BCUT2D eigenvalue weighted by atomic mass is 19.4. The molecule has 0 N–H and O–H groups in total. The number of benzene rings is 3. The van der Waals surface area contributed by atoms with Crippen LogP contribution in [0.25, 0.3) is 22.4 Å². The molecule has 1 aromatic heterocycles. The van der Waals surface area contributed by atoms with Crippen LogP contribution in [0.3, 0.4) is 0 Å². The van der Waals surface area contributed by atoms with Crippen LogP contribution < -0.4 is 4.74 Å². The molecule has 0 fully saturated rings. The normalized spacial score (nSPS) is 13.2. The van der Waals surface area contributed by atoms with Crippen LogP contribution in [0.5, 0.6) is 5.88 Å². The topological polar surface area (TPSA) is 44.1 Å². The van der Waals surface area contributed by atoms with Gasteiger partial charge in [0.1, 0.15) is 5.69 Å². The van der Waals surface area contributed by atoms with Gasteiger partial charge in [-0.05, 0) is 30.2 Å². The summed E-state index contributed by atoms with van der Waals surface area (Å²) in [5.41, 5.74) is -3.75. The number of hydrogen-bond acceptors (Lipinski definition) is 3. The third-order valence-electron chi connectivity index (χ3n) is 5.90. The number of carbonyl (C=O) groups is 1. The quantitative estimate of drug-likeness (QED) is 0.178. The standard InChI is InChI=1S/C27H17F9N2O2/c1-15(18-12-13-19(25(28,29)30)20(14-18)26(31,32)33)38-23(40-24(39)27(34,35)36)21(16-8-4-2-5-9-16)22(37-38)17-10-6-3-7-11-17/h2-15H,1H3. The van der Waals surface area contributed by atoms with Crippen LogP contribution in [0.1, 0.15) is 29.7 Å². The van der Waals surface area contributed by atoms with E-state index in [-0.39, 0.29) is 34.5 Å². The van der Waals surface area contributed by atoms with Gasteiger partial charge < -0.3 is 4.74 Å². The van der Waals surface area contributed by atoms with Crippen molar-refractivity contribution in [1.82, 2.24) is 9.78 Å². The minimum Gasteiger partial charge on any atom is -0.400 e. The van der Waals surface area contributed by atoms with Gasteiger partial charge in [-0.25, -0.2) is 9.48 Å². The second-order valence-corrected chi connectivity index (χ2v) is 8.57. The monoisotopic (exact) mass is 572 g/mol. The second kappa shape index (κ2) is 10.4. The fourth-order valence-electron chi connectivity index (χ4n) is 4.03. The van der Waals surface area contributed by atoms with Gasteiger partial charge in [0.2, 0.25) is 5.88 Å². The van der Waals surface area contributed by atoms with Crippen LogP contribution >= 0.6 is 0 Å². The van der Waals surface area contributed by atoms with Crippen LogP contribution in [0.15, 0.2) is 78.9 Å². The van der Waals surface area contributed by atoms with Gasteiger partial charge >= 0.3 is 24.5 Å². The van der Waals surface area contributed by atoms with Gasteiger partial charge in [-0.3, -0.25) is 0 Å². The van der Waals surface area contributed by atoms with Crippen molar-refractivity contribution in [1.29, 1.82) is 0 Å². The third kappa shape index (κ3) is 5.82. The average molecular weight is 572 g/mol. The Labute approximate surface area is 220 Å². The highest BCUT2D eigenvalue weighted by Gasteiger charge is 2.45. The van der Waals surface area contributed by atoms with Crippen molar-refractivity contribution in [2.24, 2.45) is 0 Å². The molecule has 1 heterocycles. The first kappa shape index (κ1) is 28.7. The van der Waals surface area contributed by atoms with Crippen molar-refractivity contribution in [2.75, 3.05) is 0 Å². The lowest BCUT2D eigenvalue weighted by atomic mass is 9.99. The van der Waals surface area contributed by atoms with Crippen LogP contribution in [0.4, 0.5) is 39.5 Å². The molecule has 0 aliphatic carbocycles. The predicted octanol–water partition coefficient (Wildman–Crippen LogP) is 8.33. The molecule has 1 atom stereocenters. The summed E-state index contributed by atoms with van der Waals surface area (Å²) >= 11 is 0. The number of rotatable bonds is 5. The van der Waals surface area contributed by atoms with E-state index in [2.05, 4.69) is 5.10 Å². The molecule has 0 aliphatic heterocycles. The van der Waals surface area contributed by atoms with E-state index in [1.54, 1.807) is 48.5 Å². The zero-order valence-electron chi connectivity index (χ0n) is 20.2. The minimum absolute atomic E-state index is 0.0200. The first-order valence-electron chi connectivity index (χ1n) is 11.4. The number of hydrogen-bond donors (Lipinski definition) is 0. The van der Waals surface area contributed by atoms with Crippen molar-refractivity contribution in [3.8, 4) is 28.3 Å². The van der Waals surface area contributed by atoms with Crippen molar-refractivity contribution in [2.45, 2.75) is 31.5 Å². The van der Waals surface area contributed by atoms with E-state index in [9.17, 15) is 44.3 Å². The third-order valence-corrected chi connectivity index (χ3v) is 5.90. The van der Waals surface area contributed by atoms with Crippen LogP contribution in [-0.2, 0) is 17.1 Å². The van der Waals surface area contributed by atoms with E-state index >= 15 is 0 Å². The van der Waals surface area contributed by atoms with E-state index in [0.717, 1.165) is 10.7 Å². The molecule has 0 amide bonds. The Balaban J connectivity index is 1.99. The van der Waals surface area contributed by atoms with E-state index < -0.39 is 47.5 Å². The lowest BCUT2D eigenvalue weighted by Gasteiger charge is -2.20. The Kier molecular flexibility index (Phi) is 7.43. The minimum atomic E-state index is -5.45. The SMILES string of the molecule is CC(c1ccc(C(F)(F)F)c(C(F)(F)F)c1)n1nc(-c2ccccc2)c(-c2ccccc2)c1OC(=O)C(F)(F)F. The van der Waals surface area contributed by atoms with E-state index in [0.29, 0.717) is 5.56 Å². The van der Waals surface area contributed by atoms with Crippen LogP contribution in [0, 0.1) is 0 Å². The first-order chi connectivity index (χ1) is 18.6. The maximum Gasteiger partial charge on any atom is 0.491 e. The molecule has 0 aliphatic rings. The Hall–Kier alpha value is -4.29. The Morgan fingerprint density at radius 2 is 1.27 bits per heavy atom.